The molecule has 6 nitrogen and oxygen atoms in total. The van der Waals surface area contributed by atoms with Crippen LogP contribution >= 0.6 is 23.2 Å². The summed E-state index contributed by atoms with van der Waals surface area (Å²) in [5, 5.41) is 11.5. The molecule has 4 aromatic rings. The molecule has 3 heterocycles. The van der Waals surface area contributed by atoms with Crippen LogP contribution in [0.1, 0.15) is 22.4 Å². The summed E-state index contributed by atoms with van der Waals surface area (Å²) < 4.78 is 24.8. The summed E-state index contributed by atoms with van der Waals surface area (Å²) in [4.78, 5) is 27.5. The molecule has 0 saturated heterocycles. The van der Waals surface area contributed by atoms with Crippen LogP contribution in [0.15, 0.2) is 81.0 Å². The fourth-order valence-corrected chi connectivity index (χ4v) is 4.07. The molecule has 0 saturated carbocycles. The molecule has 160 valence electrons. The number of nitrogens with zero attached hydrogens (tertiary/aromatic N) is 1. The highest BCUT2D eigenvalue weighted by Gasteiger charge is 2.46. The first-order valence-corrected chi connectivity index (χ1v) is 10.1. The number of halogens is 3. The van der Waals surface area contributed by atoms with Crippen molar-refractivity contribution in [2.45, 2.75) is 6.04 Å². The van der Waals surface area contributed by atoms with E-state index in [-0.39, 0.29) is 27.8 Å². The van der Waals surface area contributed by atoms with Crippen LogP contribution in [0.5, 0.6) is 0 Å². The lowest BCUT2D eigenvalue weighted by molar-refractivity contribution is -0.117. The molecule has 0 bridgehead atoms. The second kappa shape index (κ2) is 7.55. The van der Waals surface area contributed by atoms with Crippen molar-refractivity contribution in [2.24, 2.45) is 0 Å². The molecule has 1 atom stereocenters. The van der Waals surface area contributed by atoms with Gasteiger partial charge in [0.25, 0.3) is 5.91 Å². The van der Waals surface area contributed by atoms with Crippen LogP contribution in [0, 0.1) is 5.82 Å². The van der Waals surface area contributed by atoms with Gasteiger partial charge in [0.15, 0.2) is 11.5 Å². The normalized spacial score (nSPS) is 16.4. The summed E-state index contributed by atoms with van der Waals surface area (Å²) in [5.41, 5.74) is 0.350. The zero-order chi connectivity index (χ0) is 22.6. The van der Waals surface area contributed by atoms with Crippen molar-refractivity contribution >= 4 is 51.5 Å². The lowest BCUT2D eigenvalue weighted by atomic mass is 9.99. The molecular weight excluding hydrogens is 460 g/mol. The molecule has 0 spiro atoms. The Labute approximate surface area is 190 Å². The average molecular weight is 472 g/mol. The van der Waals surface area contributed by atoms with Gasteiger partial charge in [-0.15, -0.1) is 0 Å². The molecule has 1 aliphatic heterocycles. The van der Waals surface area contributed by atoms with E-state index in [0.717, 1.165) is 11.0 Å². The number of aliphatic hydroxyl groups excluding tert-OH is 1. The molecule has 0 radical (unpaired) electrons. The quantitative estimate of drug-likeness (QED) is 0.355. The van der Waals surface area contributed by atoms with Crippen molar-refractivity contribution in [3.8, 4) is 0 Å². The van der Waals surface area contributed by atoms with E-state index in [0.29, 0.717) is 16.0 Å². The second-order valence-corrected chi connectivity index (χ2v) is 7.92. The van der Waals surface area contributed by atoms with Gasteiger partial charge in [0.05, 0.1) is 16.9 Å². The average Bonchev–Trinajstić information content (AvgIpc) is 3.49. The molecule has 1 amide bonds. The molecule has 32 heavy (non-hydrogen) atoms. The molecule has 2 aromatic carbocycles. The Balaban J connectivity index is 1.64. The van der Waals surface area contributed by atoms with Crippen LogP contribution in [0.3, 0.4) is 0 Å². The van der Waals surface area contributed by atoms with Crippen molar-refractivity contribution in [2.75, 3.05) is 4.90 Å². The van der Waals surface area contributed by atoms with Crippen molar-refractivity contribution in [1.29, 1.82) is 0 Å². The van der Waals surface area contributed by atoms with E-state index in [4.69, 9.17) is 32.0 Å². The number of amides is 1. The van der Waals surface area contributed by atoms with Crippen LogP contribution < -0.4 is 4.90 Å². The largest absolute Gasteiger partial charge is 0.503 e. The second-order valence-electron chi connectivity index (χ2n) is 7.08. The third kappa shape index (κ3) is 3.18. The lowest BCUT2D eigenvalue weighted by Gasteiger charge is -2.25. The predicted octanol–water partition coefficient (Wildman–Crippen LogP) is 6.25. The number of rotatable bonds is 4. The smallest absolute Gasteiger partial charge is 0.294 e. The van der Waals surface area contributed by atoms with Gasteiger partial charge in [-0.1, -0.05) is 23.2 Å². The topological polar surface area (TPSA) is 83.9 Å². The number of hydrogen-bond acceptors (Lipinski definition) is 5. The van der Waals surface area contributed by atoms with Crippen molar-refractivity contribution in [3.63, 3.8) is 0 Å². The Morgan fingerprint density at radius 1 is 1.09 bits per heavy atom. The number of benzene rings is 2. The third-order valence-electron chi connectivity index (χ3n) is 5.15. The number of carbonyl (C=O) groups is 2. The lowest BCUT2D eigenvalue weighted by Crippen LogP contribution is -2.30. The van der Waals surface area contributed by atoms with E-state index in [2.05, 4.69) is 0 Å². The van der Waals surface area contributed by atoms with E-state index in [9.17, 15) is 19.1 Å². The van der Waals surface area contributed by atoms with Gasteiger partial charge in [0.2, 0.25) is 5.78 Å². The van der Waals surface area contributed by atoms with Gasteiger partial charge in [-0.05, 0) is 54.6 Å². The summed E-state index contributed by atoms with van der Waals surface area (Å²) >= 11 is 11.9. The Morgan fingerprint density at radius 2 is 1.91 bits per heavy atom. The van der Waals surface area contributed by atoms with Crippen molar-refractivity contribution < 1.29 is 27.9 Å². The number of furan rings is 2. The Kier molecular flexibility index (Phi) is 4.80. The Hall–Kier alpha value is -3.55. The first-order valence-electron chi connectivity index (χ1n) is 9.34. The van der Waals surface area contributed by atoms with Crippen molar-refractivity contribution in [3.05, 3.63) is 99.6 Å². The van der Waals surface area contributed by atoms with Crippen LogP contribution in [-0.2, 0) is 4.79 Å². The molecule has 1 N–H and O–H groups in total. The SMILES string of the molecule is O=C(C1=C(O)C(=O)N(c2ccc(F)c(Cl)c2)C1c1ccco1)c1cc2cc(Cl)ccc2o1. The van der Waals surface area contributed by atoms with E-state index in [1.54, 1.807) is 30.3 Å². The Bertz CT molecular complexity index is 1420. The van der Waals surface area contributed by atoms with Gasteiger partial charge in [-0.2, -0.15) is 0 Å². The minimum atomic E-state index is -1.12. The third-order valence-corrected chi connectivity index (χ3v) is 5.67. The van der Waals surface area contributed by atoms with E-state index in [1.807, 2.05) is 0 Å². The summed E-state index contributed by atoms with van der Waals surface area (Å²) in [6.45, 7) is 0. The van der Waals surface area contributed by atoms with Gasteiger partial charge in [0.1, 0.15) is 23.2 Å². The highest BCUT2D eigenvalue weighted by molar-refractivity contribution is 6.31. The molecule has 0 aliphatic carbocycles. The number of hydrogen-bond donors (Lipinski definition) is 1. The zero-order valence-electron chi connectivity index (χ0n) is 16.0. The molecule has 5 rings (SSSR count). The van der Waals surface area contributed by atoms with Gasteiger partial charge >= 0.3 is 0 Å². The highest BCUT2D eigenvalue weighted by Crippen LogP contribution is 2.43. The van der Waals surface area contributed by atoms with Crippen LogP contribution in [-0.4, -0.2) is 16.8 Å². The summed E-state index contributed by atoms with van der Waals surface area (Å²) in [5.74, 6) is -2.89. The maximum atomic E-state index is 13.7. The van der Waals surface area contributed by atoms with Gasteiger partial charge in [-0.3, -0.25) is 14.5 Å². The van der Waals surface area contributed by atoms with Crippen LogP contribution in [0.4, 0.5) is 10.1 Å². The first-order chi connectivity index (χ1) is 15.3. The van der Waals surface area contributed by atoms with Gasteiger partial charge in [0, 0.05) is 16.1 Å². The first kappa shape index (κ1) is 20.4. The van der Waals surface area contributed by atoms with Crippen LogP contribution in [0.2, 0.25) is 10.0 Å². The Morgan fingerprint density at radius 3 is 2.62 bits per heavy atom. The number of Topliss-reactive ketones (excluding diaryl/α,β-unsaturated/α-hetero) is 1. The number of anilines is 1. The molecule has 2 aromatic heterocycles. The van der Waals surface area contributed by atoms with Gasteiger partial charge in [-0.25, -0.2) is 4.39 Å². The molecular formula is C23H12Cl2FNO5. The molecule has 9 heteroatoms. The molecule has 0 fully saturated rings. The number of ketones is 1. The molecule has 1 unspecified atom stereocenters. The number of carbonyl (C=O) groups excluding carboxylic acids is 2. The van der Waals surface area contributed by atoms with E-state index in [1.165, 1.54) is 24.5 Å². The van der Waals surface area contributed by atoms with Gasteiger partial charge < -0.3 is 13.9 Å². The maximum absolute atomic E-state index is 13.7. The summed E-state index contributed by atoms with van der Waals surface area (Å²) in [7, 11) is 0. The number of aliphatic hydroxyl groups is 1. The van der Waals surface area contributed by atoms with E-state index >= 15 is 0 Å². The predicted molar refractivity (Wildman–Crippen MR) is 116 cm³/mol. The maximum Gasteiger partial charge on any atom is 0.294 e. The minimum Gasteiger partial charge on any atom is -0.503 e. The van der Waals surface area contributed by atoms with Crippen molar-refractivity contribution in [1.82, 2.24) is 0 Å². The highest BCUT2D eigenvalue weighted by atomic mass is 35.5. The summed E-state index contributed by atoms with van der Waals surface area (Å²) in [6.07, 6.45) is 1.37. The minimum absolute atomic E-state index is 0.0906. The monoisotopic (exact) mass is 471 g/mol. The standard InChI is InChI=1S/C23H12Cl2FNO5/c24-12-3-6-16-11(8-12)9-18(32-16)21(28)19-20(17-2-1-7-31-17)27(23(30)22(19)29)13-4-5-15(26)14(25)10-13/h1-10,20,29H. The summed E-state index contributed by atoms with van der Waals surface area (Å²) in [6, 6.07) is 12.0. The fraction of sp³-hybridized carbons (Fsp3) is 0.0435. The van der Waals surface area contributed by atoms with E-state index < -0.39 is 29.3 Å². The number of fused-ring (bicyclic) bond motifs is 1. The fourth-order valence-electron chi connectivity index (χ4n) is 3.71. The molecule has 1 aliphatic rings. The zero-order valence-corrected chi connectivity index (χ0v) is 17.5. The van der Waals surface area contributed by atoms with Crippen LogP contribution in [0.25, 0.3) is 11.0 Å².